The monoisotopic (exact) mass is 302 g/mol. The smallest absolute Gasteiger partial charge is 0.0741 e. The molecule has 2 saturated heterocycles. The second kappa shape index (κ2) is 7.99. The maximum Gasteiger partial charge on any atom is 0.0741 e. The fourth-order valence-corrected chi connectivity index (χ4v) is 4.94. The average molecular weight is 302 g/mol. The van der Waals surface area contributed by atoms with E-state index in [1.807, 2.05) is 0 Å². The summed E-state index contributed by atoms with van der Waals surface area (Å²) in [4.78, 5) is 0. The van der Waals surface area contributed by atoms with Gasteiger partial charge in [-0.3, -0.25) is 11.3 Å². The lowest BCUT2D eigenvalue weighted by Crippen LogP contribution is -2.54. The van der Waals surface area contributed by atoms with E-state index in [0.29, 0.717) is 5.92 Å². The van der Waals surface area contributed by atoms with Gasteiger partial charge in [-0.2, -0.15) is 11.8 Å². The van der Waals surface area contributed by atoms with E-state index >= 15 is 0 Å². The highest BCUT2D eigenvalue weighted by molar-refractivity contribution is 7.99. The molecular weight excluding hydrogens is 272 g/mol. The van der Waals surface area contributed by atoms with Crippen LogP contribution in [0.25, 0.3) is 0 Å². The van der Waals surface area contributed by atoms with E-state index in [1.165, 1.54) is 24.3 Å². The number of rotatable bonds is 6. The van der Waals surface area contributed by atoms with Crippen molar-refractivity contribution in [3.8, 4) is 0 Å². The molecule has 118 valence electrons. The highest BCUT2D eigenvalue weighted by Gasteiger charge is 2.42. The summed E-state index contributed by atoms with van der Waals surface area (Å²) >= 11 is 2.05. The van der Waals surface area contributed by atoms with Gasteiger partial charge in [0.05, 0.1) is 17.7 Å². The third-order valence-corrected chi connectivity index (χ3v) is 5.80. The predicted molar refractivity (Wildman–Crippen MR) is 84.8 cm³/mol. The van der Waals surface area contributed by atoms with Crippen molar-refractivity contribution in [3.05, 3.63) is 0 Å². The Labute approximate surface area is 127 Å². The van der Waals surface area contributed by atoms with Gasteiger partial charge in [0.15, 0.2) is 0 Å². The first-order chi connectivity index (χ1) is 9.74. The molecule has 1 spiro atoms. The Hall–Kier alpha value is 0.190. The zero-order valence-corrected chi connectivity index (χ0v) is 13.7. The zero-order valence-electron chi connectivity index (χ0n) is 12.9. The van der Waals surface area contributed by atoms with Crippen LogP contribution in [0.1, 0.15) is 46.0 Å². The minimum absolute atomic E-state index is 0.119. The fraction of sp³-hybridized carbons (Fsp3) is 1.00. The maximum atomic E-state index is 6.18. The standard InChI is InChI=1S/C15H30N2O2S/c1-3-13(18-4-2)14(17-16)12-5-8-19-15(11-12)6-9-20-10-7-15/h12-14,17H,3-11,16H2,1-2H3. The van der Waals surface area contributed by atoms with Crippen LogP contribution >= 0.6 is 11.8 Å². The minimum atomic E-state index is 0.119. The van der Waals surface area contributed by atoms with Gasteiger partial charge in [-0.1, -0.05) is 6.92 Å². The Morgan fingerprint density at radius 2 is 2.15 bits per heavy atom. The first kappa shape index (κ1) is 16.6. The molecule has 20 heavy (non-hydrogen) atoms. The first-order valence-corrected chi connectivity index (χ1v) is 9.19. The van der Waals surface area contributed by atoms with Gasteiger partial charge in [-0.25, -0.2) is 0 Å². The van der Waals surface area contributed by atoms with Gasteiger partial charge >= 0.3 is 0 Å². The number of ether oxygens (including phenoxy) is 2. The van der Waals surface area contributed by atoms with E-state index in [1.54, 1.807) is 0 Å². The Morgan fingerprint density at radius 1 is 1.40 bits per heavy atom. The van der Waals surface area contributed by atoms with Crippen LogP contribution in [0, 0.1) is 5.92 Å². The second-order valence-corrected chi connectivity index (χ2v) is 7.22. The van der Waals surface area contributed by atoms with Gasteiger partial charge in [0, 0.05) is 13.2 Å². The minimum Gasteiger partial charge on any atom is -0.377 e. The van der Waals surface area contributed by atoms with Gasteiger partial charge < -0.3 is 9.47 Å². The molecule has 0 bridgehead atoms. The summed E-state index contributed by atoms with van der Waals surface area (Å²) in [5, 5.41) is 0. The molecule has 0 radical (unpaired) electrons. The summed E-state index contributed by atoms with van der Waals surface area (Å²) in [6.07, 6.45) is 5.82. The average Bonchev–Trinajstić information content (AvgIpc) is 2.48. The van der Waals surface area contributed by atoms with Crippen LogP contribution in [0.3, 0.4) is 0 Å². The Bertz CT molecular complexity index is 280. The highest BCUT2D eigenvalue weighted by Crippen LogP contribution is 2.41. The third kappa shape index (κ3) is 3.89. The van der Waals surface area contributed by atoms with E-state index in [9.17, 15) is 0 Å². The largest absolute Gasteiger partial charge is 0.377 e. The van der Waals surface area contributed by atoms with Crippen molar-refractivity contribution in [1.29, 1.82) is 0 Å². The summed E-state index contributed by atoms with van der Waals surface area (Å²) in [6, 6.07) is 0.246. The molecule has 3 unspecified atom stereocenters. The second-order valence-electron chi connectivity index (χ2n) is 5.99. The molecule has 2 rings (SSSR count). The zero-order chi connectivity index (χ0) is 14.4. The Kier molecular flexibility index (Phi) is 6.62. The van der Waals surface area contributed by atoms with Crippen molar-refractivity contribution >= 4 is 11.8 Å². The number of nitrogens with two attached hydrogens (primary N) is 1. The molecule has 0 aromatic heterocycles. The first-order valence-electron chi connectivity index (χ1n) is 8.04. The summed E-state index contributed by atoms with van der Waals surface area (Å²) in [6.45, 7) is 5.86. The van der Waals surface area contributed by atoms with Gasteiger partial charge in [0.25, 0.3) is 0 Å². The molecule has 0 aromatic rings. The molecular formula is C15H30N2O2S. The molecule has 4 nitrogen and oxygen atoms in total. The van der Waals surface area contributed by atoms with Crippen molar-refractivity contribution in [1.82, 2.24) is 5.43 Å². The van der Waals surface area contributed by atoms with E-state index in [-0.39, 0.29) is 17.7 Å². The Balaban J connectivity index is 2.01. The van der Waals surface area contributed by atoms with Gasteiger partial charge in [0.2, 0.25) is 0 Å². The summed E-state index contributed by atoms with van der Waals surface area (Å²) in [7, 11) is 0. The topological polar surface area (TPSA) is 56.5 Å². The number of hydrazine groups is 1. The third-order valence-electron chi connectivity index (χ3n) is 4.82. The molecule has 0 saturated carbocycles. The van der Waals surface area contributed by atoms with Gasteiger partial charge in [-0.15, -0.1) is 0 Å². The lowest BCUT2D eigenvalue weighted by molar-refractivity contribution is -0.116. The maximum absolute atomic E-state index is 6.18. The summed E-state index contributed by atoms with van der Waals surface area (Å²) in [5.74, 6) is 8.88. The van der Waals surface area contributed by atoms with Gasteiger partial charge in [-0.05, 0) is 56.5 Å². The number of thioether (sulfide) groups is 1. The van der Waals surface area contributed by atoms with E-state index in [2.05, 4.69) is 31.0 Å². The van der Waals surface area contributed by atoms with E-state index in [4.69, 9.17) is 15.3 Å². The van der Waals surface area contributed by atoms with Crippen molar-refractivity contribution < 1.29 is 9.47 Å². The lowest BCUT2D eigenvalue weighted by atomic mass is 9.77. The lowest BCUT2D eigenvalue weighted by Gasteiger charge is -2.46. The fourth-order valence-electron chi connectivity index (χ4n) is 3.70. The number of nitrogens with one attached hydrogen (secondary N) is 1. The van der Waals surface area contributed by atoms with Crippen LogP contribution in [-0.4, -0.2) is 42.5 Å². The molecule has 0 amide bonds. The van der Waals surface area contributed by atoms with E-state index in [0.717, 1.165) is 32.5 Å². The van der Waals surface area contributed by atoms with Crippen molar-refractivity contribution in [2.75, 3.05) is 24.7 Å². The van der Waals surface area contributed by atoms with Crippen molar-refractivity contribution in [2.45, 2.75) is 63.7 Å². The molecule has 2 aliphatic heterocycles. The molecule has 3 atom stereocenters. The Morgan fingerprint density at radius 3 is 2.75 bits per heavy atom. The van der Waals surface area contributed by atoms with Crippen LogP contribution in [0.2, 0.25) is 0 Å². The van der Waals surface area contributed by atoms with E-state index < -0.39 is 0 Å². The summed E-state index contributed by atoms with van der Waals surface area (Å²) in [5.41, 5.74) is 3.16. The normalized spacial score (nSPS) is 29.2. The van der Waals surface area contributed by atoms with Crippen LogP contribution in [0.5, 0.6) is 0 Å². The van der Waals surface area contributed by atoms with Crippen LogP contribution in [-0.2, 0) is 9.47 Å². The highest BCUT2D eigenvalue weighted by atomic mass is 32.2. The van der Waals surface area contributed by atoms with Crippen LogP contribution in [0.15, 0.2) is 0 Å². The molecule has 5 heteroatoms. The van der Waals surface area contributed by atoms with Gasteiger partial charge in [0.1, 0.15) is 0 Å². The van der Waals surface area contributed by atoms with Crippen molar-refractivity contribution in [3.63, 3.8) is 0 Å². The molecule has 0 aromatic carbocycles. The number of hydrogen-bond acceptors (Lipinski definition) is 5. The molecule has 2 fully saturated rings. The quantitative estimate of drug-likeness (QED) is 0.582. The number of hydrogen-bond donors (Lipinski definition) is 2. The van der Waals surface area contributed by atoms with Crippen molar-refractivity contribution in [2.24, 2.45) is 11.8 Å². The molecule has 0 aliphatic carbocycles. The molecule has 2 heterocycles. The van der Waals surface area contributed by atoms with Crippen LogP contribution in [0.4, 0.5) is 0 Å². The molecule has 2 aliphatic rings. The summed E-state index contributed by atoms with van der Waals surface area (Å²) < 4.78 is 12.1. The predicted octanol–water partition coefficient (Wildman–Crippen LogP) is 2.33. The SMILES string of the molecule is CCOC(CC)C(NN)C1CCOC2(CCSCC2)C1. The van der Waals surface area contributed by atoms with Crippen LogP contribution < -0.4 is 11.3 Å². The molecule has 3 N–H and O–H groups in total.